The minimum Gasteiger partial charge on any atom is -0.495 e. The normalized spacial score (nSPS) is 15.1. The van der Waals surface area contributed by atoms with Crippen LogP contribution in [0.15, 0.2) is 30.5 Å². The molecule has 1 heterocycles. The predicted molar refractivity (Wildman–Crippen MR) is 112 cm³/mol. The van der Waals surface area contributed by atoms with Crippen molar-refractivity contribution < 1.29 is 19.2 Å². The molecule has 1 unspecified atom stereocenters. The Labute approximate surface area is 175 Å². The molecule has 0 saturated heterocycles. The molecule has 29 heavy (non-hydrogen) atoms. The van der Waals surface area contributed by atoms with E-state index in [1.807, 2.05) is 10.7 Å². The molecule has 8 nitrogen and oxygen atoms in total. The molecular formula is C20H27ClN5O3+. The highest BCUT2D eigenvalue weighted by atomic mass is 35.5. The number of ether oxygens (including phenoxy) is 1. The lowest BCUT2D eigenvalue weighted by Gasteiger charge is -2.17. The first-order chi connectivity index (χ1) is 14.0. The first-order valence-corrected chi connectivity index (χ1v) is 10.1. The third-order valence-electron chi connectivity index (χ3n) is 4.97. The van der Waals surface area contributed by atoms with Crippen LogP contribution in [0.3, 0.4) is 0 Å². The molecule has 1 aliphatic carbocycles. The smallest absolute Gasteiger partial charge is 0.280 e. The van der Waals surface area contributed by atoms with Crippen LogP contribution in [0.4, 0.5) is 11.5 Å². The highest BCUT2D eigenvalue weighted by Gasteiger charge is 2.22. The van der Waals surface area contributed by atoms with Crippen LogP contribution in [0.1, 0.15) is 31.7 Å². The van der Waals surface area contributed by atoms with Gasteiger partial charge in [-0.15, -0.1) is 0 Å². The van der Waals surface area contributed by atoms with Crippen LogP contribution in [-0.4, -0.2) is 48.8 Å². The van der Waals surface area contributed by atoms with Gasteiger partial charge in [0.15, 0.2) is 13.1 Å². The number of nitrogens with zero attached hydrogens (tertiary/aromatic N) is 2. The topological polar surface area (TPSA) is 89.7 Å². The van der Waals surface area contributed by atoms with E-state index in [4.69, 9.17) is 16.3 Å². The minimum atomic E-state index is -0.230. The van der Waals surface area contributed by atoms with Crippen molar-refractivity contribution in [1.29, 1.82) is 0 Å². The van der Waals surface area contributed by atoms with Crippen molar-refractivity contribution in [3.05, 3.63) is 35.5 Å². The first kappa shape index (κ1) is 21.1. The second-order valence-corrected chi connectivity index (χ2v) is 7.79. The minimum absolute atomic E-state index is 0.130. The molecular weight excluding hydrogens is 394 g/mol. The van der Waals surface area contributed by atoms with Gasteiger partial charge >= 0.3 is 0 Å². The zero-order valence-corrected chi connectivity index (χ0v) is 17.5. The van der Waals surface area contributed by atoms with Gasteiger partial charge in [0.1, 0.15) is 11.6 Å². The van der Waals surface area contributed by atoms with Crippen LogP contribution < -0.4 is 20.3 Å². The van der Waals surface area contributed by atoms with Crippen molar-refractivity contribution in [1.82, 2.24) is 9.78 Å². The largest absolute Gasteiger partial charge is 0.495 e. The maximum absolute atomic E-state index is 12.4. The van der Waals surface area contributed by atoms with E-state index in [1.54, 1.807) is 31.4 Å². The number of anilines is 2. The number of aromatic nitrogens is 2. The summed E-state index contributed by atoms with van der Waals surface area (Å²) in [6.45, 7) is 0.293. The second kappa shape index (κ2) is 9.76. The molecule has 156 valence electrons. The summed E-state index contributed by atoms with van der Waals surface area (Å²) in [7, 11) is 3.32. The number of likely N-dealkylation sites (N-methyl/N-ethyl adjacent to an activating group) is 1. The number of rotatable bonds is 8. The first-order valence-electron chi connectivity index (χ1n) is 9.74. The van der Waals surface area contributed by atoms with E-state index >= 15 is 0 Å². The molecule has 1 atom stereocenters. The summed E-state index contributed by atoms with van der Waals surface area (Å²) < 4.78 is 7.13. The summed E-state index contributed by atoms with van der Waals surface area (Å²) in [6.07, 6.45) is 6.26. The molecule has 3 rings (SSSR count). The molecule has 0 aliphatic heterocycles. The van der Waals surface area contributed by atoms with E-state index in [9.17, 15) is 9.59 Å². The number of nitrogens with one attached hydrogen (secondary N) is 3. The molecule has 1 aliphatic rings. The molecule has 1 aromatic carbocycles. The summed E-state index contributed by atoms with van der Waals surface area (Å²) in [4.78, 5) is 25.5. The van der Waals surface area contributed by atoms with Crippen LogP contribution in [0.5, 0.6) is 5.75 Å². The van der Waals surface area contributed by atoms with Gasteiger partial charge < -0.3 is 20.3 Å². The quantitative estimate of drug-likeness (QED) is 0.607. The molecule has 2 amide bonds. The Balaban J connectivity index is 1.51. The lowest BCUT2D eigenvalue weighted by molar-refractivity contribution is -0.862. The molecule has 1 fully saturated rings. The van der Waals surface area contributed by atoms with Crippen molar-refractivity contribution >= 4 is 34.9 Å². The number of hydrogen-bond acceptors (Lipinski definition) is 4. The molecule has 1 aromatic heterocycles. The Bertz CT molecular complexity index is 864. The van der Waals surface area contributed by atoms with Gasteiger partial charge in [-0.3, -0.25) is 9.59 Å². The number of methoxy groups -OCH3 is 1. The van der Waals surface area contributed by atoms with E-state index in [0.29, 0.717) is 28.3 Å². The molecule has 0 spiro atoms. The van der Waals surface area contributed by atoms with Gasteiger partial charge in [-0.2, -0.15) is 5.10 Å². The van der Waals surface area contributed by atoms with Gasteiger partial charge in [-0.25, -0.2) is 4.68 Å². The zero-order chi connectivity index (χ0) is 20.8. The summed E-state index contributed by atoms with van der Waals surface area (Å²) in [5, 5.41) is 10.6. The van der Waals surface area contributed by atoms with Gasteiger partial charge in [-0.1, -0.05) is 24.4 Å². The number of quaternary nitrogens is 1. The van der Waals surface area contributed by atoms with Gasteiger partial charge in [0.2, 0.25) is 0 Å². The van der Waals surface area contributed by atoms with Crippen LogP contribution in [0.25, 0.3) is 0 Å². The van der Waals surface area contributed by atoms with Crippen LogP contribution in [-0.2, 0) is 9.59 Å². The van der Waals surface area contributed by atoms with Crippen molar-refractivity contribution in [3.8, 4) is 5.75 Å². The zero-order valence-electron chi connectivity index (χ0n) is 16.7. The fraction of sp³-hybridized carbons (Fsp3) is 0.450. The standard InChI is InChI=1S/C20H26ClN5O3/c1-25(12-19(27)23-16-11-14(21)7-8-17(16)29-2)13-20(28)24-18-9-10-22-26(18)15-5-3-4-6-15/h7-11,15H,3-6,12-13H2,1-2H3,(H,23,27)(H,24,28)/p+1. The van der Waals surface area contributed by atoms with Crippen molar-refractivity contribution in [2.45, 2.75) is 31.7 Å². The number of amides is 2. The third-order valence-corrected chi connectivity index (χ3v) is 5.20. The Hall–Kier alpha value is -2.58. The molecule has 0 bridgehead atoms. The van der Waals surface area contributed by atoms with Gasteiger partial charge in [0, 0.05) is 11.1 Å². The van der Waals surface area contributed by atoms with Crippen molar-refractivity contribution in [2.24, 2.45) is 0 Å². The SMILES string of the molecule is COc1ccc(Cl)cc1NC(=O)C[NH+](C)CC(=O)Nc1ccnn1C1CCCC1. The number of carbonyl (C=O) groups is 2. The molecule has 1 saturated carbocycles. The van der Waals surface area contributed by atoms with E-state index in [2.05, 4.69) is 15.7 Å². The summed E-state index contributed by atoms with van der Waals surface area (Å²) in [6, 6.07) is 7.17. The molecule has 0 radical (unpaired) electrons. The highest BCUT2D eigenvalue weighted by molar-refractivity contribution is 6.31. The average molecular weight is 421 g/mol. The molecule has 3 N–H and O–H groups in total. The predicted octanol–water partition coefficient (Wildman–Crippen LogP) is 1.75. The van der Waals surface area contributed by atoms with E-state index < -0.39 is 0 Å². The third kappa shape index (κ3) is 5.71. The highest BCUT2D eigenvalue weighted by Crippen LogP contribution is 2.31. The lowest BCUT2D eigenvalue weighted by Crippen LogP contribution is -3.11. The van der Waals surface area contributed by atoms with Gasteiger partial charge in [-0.05, 0) is 31.0 Å². The maximum Gasteiger partial charge on any atom is 0.280 e. The lowest BCUT2D eigenvalue weighted by atomic mass is 10.2. The molecule has 9 heteroatoms. The van der Waals surface area contributed by atoms with Crippen molar-refractivity contribution in [3.63, 3.8) is 0 Å². The van der Waals surface area contributed by atoms with Crippen molar-refractivity contribution in [2.75, 3.05) is 37.9 Å². The average Bonchev–Trinajstić information content (AvgIpc) is 3.32. The Kier molecular flexibility index (Phi) is 7.11. The van der Waals surface area contributed by atoms with Gasteiger partial charge in [0.25, 0.3) is 11.8 Å². The second-order valence-electron chi connectivity index (χ2n) is 7.35. The fourth-order valence-corrected chi connectivity index (χ4v) is 3.80. The van der Waals surface area contributed by atoms with E-state index in [1.165, 1.54) is 20.0 Å². The van der Waals surface area contributed by atoms with E-state index in [-0.39, 0.29) is 24.9 Å². The maximum atomic E-state index is 12.4. The Morgan fingerprint density at radius 3 is 2.59 bits per heavy atom. The van der Waals surface area contributed by atoms with Crippen LogP contribution >= 0.6 is 11.6 Å². The summed E-state index contributed by atoms with van der Waals surface area (Å²) in [5.74, 6) is 0.850. The summed E-state index contributed by atoms with van der Waals surface area (Å²) >= 11 is 5.99. The Morgan fingerprint density at radius 1 is 1.21 bits per heavy atom. The molecule has 2 aromatic rings. The van der Waals surface area contributed by atoms with E-state index in [0.717, 1.165) is 17.7 Å². The number of halogens is 1. The van der Waals surface area contributed by atoms with Gasteiger partial charge in [0.05, 0.1) is 32.1 Å². The summed E-state index contributed by atoms with van der Waals surface area (Å²) in [5.41, 5.74) is 0.503. The van der Waals surface area contributed by atoms with Crippen LogP contribution in [0.2, 0.25) is 5.02 Å². The number of benzene rings is 1. The fourth-order valence-electron chi connectivity index (χ4n) is 3.62. The monoisotopic (exact) mass is 420 g/mol. The number of hydrogen-bond donors (Lipinski definition) is 3. The number of carbonyl (C=O) groups excluding carboxylic acids is 2. The Morgan fingerprint density at radius 2 is 1.90 bits per heavy atom. The van der Waals surface area contributed by atoms with Crippen LogP contribution in [0, 0.1) is 0 Å².